The van der Waals surface area contributed by atoms with Crippen molar-refractivity contribution in [1.29, 1.82) is 0 Å². The van der Waals surface area contributed by atoms with Gasteiger partial charge < -0.3 is 14.2 Å². The Morgan fingerprint density at radius 1 is 1.06 bits per heavy atom. The van der Waals surface area contributed by atoms with Gasteiger partial charge in [-0.15, -0.1) is 0 Å². The molecule has 0 spiro atoms. The molecule has 7 heteroatoms. The summed E-state index contributed by atoms with van der Waals surface area (Å²) in [6, 6.07) is 14.1. The molecule has 0 aliphatic carbocycles. The molecule has 1 saturated heterocycles. The summed E-state index contributed by atoms with van der Waals surface area (Å²) in [7, 11) is 1.77. The molecule has 1 aromatic carbocycles. The van der Waals surface area contributed by atoms with E-state index in [0.717, 1.165) is 44.9 Å². The lowest BCUT2D eigenvalue weighted by Gasteiger charge is -2.34. The first-order valence-corrected chi connectivity index (χ1v) is 11.0. The smallest absolute Gasteiger partial charge is 0.241 e. The van der Waals surface area contributed by atoms with Gasteiger partial charge in [-0.3, -0.25) is 9.88 Å². The highest BCUT2D eigenvalue weighted by atomic mass is 16.5. The first kappa shape index (κ1) is 21.6. The van der Waals surface area contributed by atoms with Crippen LogP contribution in [0.1, 0.15) is 24.3 Å². The second-order valence-corrected chi connectivity index (χ2v) is 8.18. The molecule has 1 aliphatic rings. The minimum Gasteiger partial charge on any atom is -0.383 e. The van der Waals surface area contributed by atoms with E-state index in [1.165, 1.54) is 18.4 Å². The highest BCUT2D eigenvalue weighted by Crippen LogP contribution is 2.21. The van der Waals surface area contributed by atoms with E-state index >= 15 is 0 Å². The molecule has 3 aromatic rings. The second-order valence-electron chi connectivity index (χ2n) is 8.18. The van der Waals surface area contributed by atoms with Crippen LogP contribution in [0.2, 0.25) is 0 Å². The summed E-state index contributed by atoms with van der Waals surface area (Å²) >= 11 is 0. The predicted molar refractivity (Wildman–Crippen MR) is 119 cm³/mol. The van der Waals surface area contributed by atoms with Crippen molar-refractivity contribution < 1.29 is 9.26 Å². The van der Waals surface area contributed by atoms with E-state index in [1.807, 2.05) is 42.7 Å². The van der Waals surface area contributed by atoms with Crippen LogP contribution in [0.5, 0.6) is 0 Å². The summed E-state index contributed by atoms with van der Waals surface area (Å²) in [6.45, 7) is 6.60. The van der Waals surface area contributed by atoms with Gasteiger partial charge in [0.15, 0.2) is 0 Å². The summed E-state index contributed by atoms with van der Waals surface area (Å²) < 4.78 is 10.8. The lowest BCUT2D eigenvalue weighted by molar-refractivity contribution is 0.101. The fourth-order valence-corrected chi connectivity index (χ4v) is 4.12. The van der Waals surface area contributed by atoms with Gasteiger partial charge in [-0.25, -0.2) is 0 Å². The average molecular weight is 422 g/mol. The molecule has 2 aromatic heterocycles. The maximum Gasteiger partial charge on any atom is 0.241 e. The zero-order valence-electron chi connectivity index (χ0n) is 18.2. The molecule has 0 radical (unpaired) electrons. The van der Waals surface area contributed by atoms with Crippen molar-refractivity contribution in [3.8, 4) is 11.4 Å². The lowest BCUT2D eigenvalue weighted by Crippen LogP contribution is -2.39. The standard InChI is InChI=1S/C24H31N5O2/c1-30-16-15-28-13-9-21(10-14-28)18-29(17-20-7-11-25-12-8-20)19-23-26-24(27-31-23)22-5-3-2-4-6-22/h2-8,11-12,21H,9-10,13-19H2,1H3. The normalized spacial score (nSPS) is 15.5. The van der Waals surface area contributed by atoms with Gasteiger partial charge in [-0.05, 0) is 49.5 Å². The summed E-state index contributed by atoms with van der Waals surface area (Å²) in [5.41, 5.74) is 2.22. The Labute approximate surface area is 184 Å². The highest BCUT2D eigenvalue weighted by Gasteiger charge is 2.23. The quantitative estimate of drug-likeness (QED) is 0.496. The monoisotopic (exact) mass is 421 g/mol. The zero-order valence-corrected chi connectivity index (χ0v) is 18.2. The van der Waals surface area contributed by atoms with Crippen molar-refractivity contribution in [2.75, 3.05) is 39.9 Å². The fraction of sp³-hybridized carbons (Fsp3) is 0.458. The molecule has 1 fully saturated rings. The molecule has 31 heavy (non-hydrogen) atoms. The van der Waals surface area contributed by atoms with E-state index in [4.69, 9.17) is 9.26 Å². The molecule has 7 nitrogen and oxygen atoms in total. The largest absolute Gasteiger partial charge is 0.383 e. The van der Waals surface area contributed by atoms with Crippen molar-refractivity contribution in [3.05, 3.63) is 66.3 Å². The van der Waals surface area contributed by atoms with Gasteiger partial charge >= 0.3 is 0 Å². The van der Waals surface area contributed by atoms with E-state index in [1.54, 1.807) is 7.11 Å². The predicted octanol–water partition coefficient (Wildman–Crippen LogP) is 3.49. The number of aromatic nitrogens is 3. The fourth-order valence-electron chi connectivity index (χ4n) is 4.12. The highest BCUT2D eigenvalue weighted by molar-refractivity contribution is 5.53. The maximum atomic E-state index is 5.60. The minimum absolute atomic E-state index is 0.644. The third kappa shape index (κ3) is 6.43. The Kier molecular flexibility index (Phi) is 7.76. The van der Waals surface area contributed by atoms with Crippen molar-refractivity contribution >= 4 is 0 Å². The number of methoxy groups -OCH3 is 1. The molecule has 0 atom stereocenters. The molecule has 164 valence electrons. The van der Waals surface area contributed by atoms with Gasteiger partial charge in [-0.2, -0.15) is 4.98 Å². The van der Waals surface area contributed by atoms with Crippen LogP contribution in [0.4, 0.5) is 0 Å². The second kappa shape index (κ2) is 11.1. The van der Waals surface area contributed by atoms with Crippen LogP contribution in [0, 0.1) is 5.92 Å². The number of ether oxygens (including phenoxy) is 1. The van der Waals surface area contributed by atoms with Crippen LogP contribution in [0.25, 0.3) is 11.4 Å². The Morgan fingerprint density at radius 3 is 2.58 bits per heavy atom. The maximum absolute atomic E-state index is 5.60. The molecule has 0 bridgehead atoms. The first-order chi connectivity index (χ1) is 15.3. The van der Waals surface area contributed by atoms with Crippen LogP contribution in [-0.4, -0.2) is 64.8 Å². The van der Waals surface area contributed by atoms with Gasteiger partial charge in [0.25, 0.3) is 0 Å². The van der Waals surface area contributed by atoms with E-state index in [0.29, 0.717) is 24.2 Å². The third-order valence-corrected chi connectivity index (χ3v) is 5.85. The van der Waals surface area contributed by atoms with Crippen LogP contribution < -0.4 is 0 Å². The van der Waals surface area contributed by atoms with Crippen molar-refractivity contribution in [2.24, 2.45) is 5.92 Å². The Balaban J connectivity index is 1.40. The molecule has 4 rings (SSSR count). The number of hydrogen-bond acceptors (Lipinski definition) is 7. The van der Waals surface area contributed by atoms with Crippen LogP contribution in [-0.2, 0) is 17.8 Å². The van der Waals surface area contributed by atoms with Gasteiger partial charge in [-0.1, -0.05) is 35.5 Å². The molecule has 0 amide bonds. The van der Waals surface area contributed by atoms with Gasteiger partial charge in [0.1, 0.15) is 0 Å². The molecular weight excluding hydrogens is 390 g/mol. The number of rotatable bonds is 10. The zero-order chi connectivity index (χ0) is 21.3. The van der Waals surface area contributed by atoms with Crippen molar-refractivity contribution in [3.63, 3.8) is 0 Å². The molecule has 1 aliphatic heterocycles. The van der Waals surface area contributed by atoms with Crippen LogP contribution >= 0.6 is 0 Å². The van der Waals surface area contributed by atoms with E-state index in [9.17, 15) is 0 Å². The molecule has 0 unspecified atom stereocenters. The number of pyridine rings is 1. The Bertz CT molecular complexity index is 895. The van der Waals surface area contributed by atoms with Crippen molar-refractivity contribution in [1.82, 2.24) is 24.9 Å². The first-order valence-electron chi connectivity index (χ1n) is 11.0. The van der Waals surface area contributed by atoms with E-state index in [2.05, 4.69) is 37.1 Å². The van der Waals surface area contributed by atoms with Crippen LogP contribution in [0.15, 0.2) is 59.4 Å². The summed E-state index contributed by atoms with van der Waals surface area (Å²) in [4.78, 5) is 13.7. The Morgan fingerprint density at radius 2 is 1.84 bits per heavy atom. The molecule has 0 saturated carbocycles. The minimum atomic E-state index is 0.644. The van der Waals surface area contributed by atoms with E-state index in [-0.39, 0.29) is 0 Å². The lowest BCUT2D eigenvalue weighted by atomic mass is 9.96. The van der Waals surface area contributed by atoms with Gasteiger partial charge in [0.05, 0.1) is 13.2 Å². The van der Waals surface area contributed by atoms with E-state index < -0.39 is 0 Å². The van der Waals surface area contributed by atoms with Crippen molar-refractivity contribution in [2.45, 2.75) is 25.9 Å². The topological polar surface area (TPSA) is 67.5 Å². The number of nitrogens with zero attached hydrogens (tertiary/aromatic N) is 5. The van der Waals surface area contributed by atoms with Crippen LogP contribution in [0.3, 0.4) is 0 Å². The average Bonchev–Trinajstić information content (AvgIpc) is 3.28. The molecular formula is C24H31N5O2. The number of hydrogen-bond donors (Lipinski definition) is 0. The van der Waals surface area contributed by atoms with Gasteiger partial charge in [0, 0.05) is 44.7 Å². The summed E-state index contributed by atoms with van der Waals surface area (Å²) in [6.07, 6.45) is 6.11. The third-order valence-electron chi connectivity index (χ3n) is 5.85. The SMILES string of the molecule is COCCN1CCC(CN(Cc2ccncc2)Cc2nc(-c3ccccc3)no2)CC1. The molecule has 3 heterocycles. The summed E-state index contributed by atoms with van der Waals surface area (Å²) in [5, 5.41) is 4.19. The number of likely N-dealkylation sites (tertiary alicyclic amines) is 1. The Hall–Kier alpha value is -2.61. The molecule has 0 N–H and O–H groups in total. The van der Waals surface area contributed by atoms with Gasteiger partial charge in [0.2, 0.25) is 11.7 Å². The summed E-state index contributed by atoms with van der Waals surface area (Å²) in [5.74, 6) is 1.97. The number of benzene rings is 1. The number of piperidine rings is 1.